The Morgan fingerprint density at radius 3 is 2.68 bits per heavy atom. The topological polar surface area (TPSA) is 75.2 Å². The average Bonchev–Trinajstić information content (AvgIpc) is 3.32. The summed E-state index contributed by atoms with van der Waals surface area (Å²) in [6.45, 7) is 0.0553. The average molecular weight is 430 g/mol. The number of rotatable bonds is 7. The second-order valence-electron chi connectivity index (χ2n) is 7.58. The minimum absolute atomic E-state index is 0.00439. The third-order valence-corrected chi connectivity index (χ3v) is 5.56. The number of benzene rings is 2. The van der Waals surface area contributed by atoms with Gasteiger partial charge in [0.05, 0.1) is 18.7 Å². The van der Waals surface area contributed by atoms with Crippen LogP contribution >= 0.6 is 0 Å². The van der Waals surface area contributed by atoms with Crippen LogP contribution in [0.4, 0.5) is 13.2 Å². The molecule has 0 radical (unpaired) electrons. The van der Waals surface area contributed by atoms with Crippen molar-refractivity contribution in [1.29, 1.82) is 0 Å². The van der Waals surface area contributed by atoms with Gasteiger partial charge in [0.1, 0.15) is 11.4 Å². The van der Waals surface area contributed by atoms with Crippen molar-refractivity contribution in [1.82, 2.24) is 10.2 Å². The number of hydrogen-bond donors (Lipinski definition) is 2. The molecule has 0 saturated heterocycles. The lowest BCUT2D eigenvalue weighted by atomic mass is 9.98. The molecule has 0 fully saturated rings. The first-order valence-corrected chi connectivity index (χ1v) is 10.00. The number of carboxylic acids is 1. The van der Waals surface area contributed by atoms with E-state index in [1.807, 2.05) is 12.1 Å². The standard InChI is InChI=1S/C23H21F3N2O3/c24-23(25,26)22-19(21(27-28-22)14-4-2-1-3-5-14)10-11-31-17-8-9-18-15(12-17)6-7-16(18)13-20(29)30/h1-5,8-9,12,16H,6-7,10-11,13H2,(H,27,28)(H,29,30)/t16-/m0/s1. The van der Waals surface area contributed by atoms with Crippen molar-refractivity contribution < 1.29 is 27.8 Å². The summed E-state index contributed by atoms with van der Waals surface area (Å²) < 4.78 is 46.1. The number of aliphatic carboxylic acids is 1. The molecule has 0 amide bonds. The number of aromatic amines is 1. The lowest BCUT2D eigenvalue weighted by molar-refractivity contribution is -0.142. The maximum absolute atomic E-state index is 13.5. The van der Waals surface area contributed by atoms with E-state index in [-0.39, 0.29) is 36.6 Å². The van der Waals surface area contributed by atoms with E-state index in [0.717, 1.165) is 24.0 Å². The maximum Gasteiger partial charge on any atom is 0.433 e. The van der Waals surface area contributed by atoms with E-state index >= 15 is 0 Å². The monoisotopic (exact) mass is 430 g/mol. The normalized spacial score (nSPS) is 15.6. The van der Waals surface area contributed by atoms with Gasteiger partial charge >= 0.3 is 12.1 Å². The molecule has 0 saturated carbocycles. The highest BCUT2D eigenvalue weighted by Gasteiger charge is 2.37. The third kappa shape index (κ3) is 4.57. The number of alkyl halides is 3. The zero-order chi connectivity index (χ0) is 22.0. The summed E-state index contributed by atoms with van der Waals surface area (Å²) in [5.41, 5.74) is 2.12. The molecule has 1 atom stereocenters. The highest BCUT2D eigenvalue weighted by Crippen LogP contribution is 2.38. The molecule has 2 N–H and O–H groups in total. The van der Waals surface area contributed by atoms with Gasteiger partial charge in [-0.2, -0.15) is 18.3 Å². The summed E-state index contributed by atoms with van der Waals surface area (Å²) >= 11 is 0. The Morgan fingerprint density at radius 1 is 1.19 bits per heavy atom. The van der Waals surface area contributed by atoms with Crippen LogP contribution in [0.3, 0.4) is 0 Å². The zero-order valence-corrected chi connectivity index (χ0v) is 16.6. The lowest BCUT2D eigenvalue weighted by Gasteiger charge is -2.12. The molecule has 0 aliphatic heterocycles. The van der Waals surface area contributed by atoms with Gasteiger partial charge < -0.3 is 9.84 Å². The van der Waals surface area contributed by atoms with E-state index < -0.39 is 17.8 Å². The first-order chi connectivity index (χ1) is 14.8. The van der Waals surface area contributed by atoms with Crippen molar-refractivity contribution in [3.63, 3.8) is 0 Å². The number of carboxylic acid groups (broad SMARTS) is 1. The number of aryl methyl sites for hydroxylation is 1. The highest BCUT2D eigenvalue weighted by molar-refractivity contribution is 5.68. The van der Waals surface area contributed by atoms with Gasteiger partial charge in [-0.25, -0.2) is 0 Å². The summed E-state index contributed by atoms with van der Waals surface area (Å²) in [6, 6.07) is 14.2. The van der Waals surface area contributed by atoms with Crippen molar-refractivity contribution >= 4 is 5.97 Å². The van der Waals surface area contributed by atoms with Crippen molar-refractivity contribution in [2.75, 3.05) is 6.61 Å². The first-order valence-electron chi connectivity index (χ1n) is 10.00. The van der Waals surface area contributed by atoms with Crippen LogP contribution in [0.2, 0.25) is 0 Å². The minimum Gasteiger partial charge on any atom is -0.493 e. The van der Waals surface area contributed by atoms with Gasteiger partial charge in [0.15, 0.2) is 0 Å². The molecular formula is C23H21F3N2O3. The Balaban J connectivity index is 1.49. The van der Waals surface area contributed by atoms with E-state index in [9.17, 15) is 18.0 Å². The molecule has 0 spiro atoms. The number of ether oxygens (including phenoxy) is 1. The van der Waals surface area contributed by atoms with E-state index in [2.05, 4.69) is 10.2 Å². The second-order valence-corrected chi connectivity index (χ2v) is 7.58. The SMILES string of the molecule is O=C(O)C[C@@H]1CCc2cc(OCCc3c(-c4ccccc4)n[nH]c3C(F)(F)F)ccc21. The Labute approximate surface area is 176 Å². The van der Waals surface area contributed by atoms with E-state index in [1.165, 1.54) is 0 Å². The molecule has 162 valence electrons. The molecule has 5 nitrogen and oxygen atoms in total. The molecule has 1 heterocycles. The van der Waals surface area contributed by atoms with E-state index in [1.54, 1.807) is 36.4 Å². The predicted octanol–water partition coefficient (Wildman–Crippen LogP) is 5.22. The molecule has 8 heteroatoms. The van der Waals surface area contributed by atoms with Crippen LogP contribution in [0.25, 0.3) is 11.3 Å². The van der Waals surface area contributed by atoms with Gasteiger partial charge in [-0.15, -0.1) is 0 Å². The van der Waals surface area contributed by atoms with Gasteiger partial charge in [0.25, 0.3) is 0 Å². The molecule has 1 aliphatic rings. The van der Waals surface area contributed by atoms with Crippen LogP contribution in [-0.2, 0) is 23.8 Å². The fourth-order valence-corrected chi connectivity index (χ4v) is 4.14. The molecule has 0 unspecified atom stereocenters. The van der Waals surface area contributed by atoms with Crippen molar-refractivity contribution in [3.8, 4) is 17.0 Å². The van der Waals surface area contributed by atoms with Crippen LogP contribution in [0.5, 0.6) is 5.75 Å². The number of halogens is 3. The molecule has 1 aliphatic carbocycles. The maximum atomic E-state index is 13.5. The fourth-order valence-electron chi connectivity index (χ4n) is 4.14. The Hall–Kier alpha value is -3.29. The number of carbonyl (C=O) groups is 1. The van der Waals surface area contributed by atoms with Crippen molar-refractivity contribution in [2.45, 2.75) is 37.8 Å². The fraction of sp³-hybridized carbons (Fsp3) is 0.304. The van der Waals surface area contributed by atoms with E-state index in [4.69, 9.17) is 9.84 Å². The van der Waals surface area contributed by atoms with Gasteiger partial charge in [0.2, 0.25) is 0 Å². The Kier molecular flexibility index (Phi) is 5.71. The summed E-state index contributed by atoms with van der Waals surface area (Å²) in [7, 11) is 0. The van der Waals surface area contributed by atoms with Crippen molar-refractivity contribution in [2.24, 2.45) is 0 Å². The number of H-pyrrole nitrogens is 1. The van der Waals surface area contributed by atoms with Gasteiger partial charge in [-0.3, -0.25) is 9.89 Å². The summed E-state index contributed by atoms with van der Waals surface area (Å²) in [4.78, 5) is 11.0. The molecule has 0 bridgehead atoms. The van der Waals surface area contributed by atoms with Crippen LogP contribution in [0, 0.1) is 0 Å². The van der Waals surface area contributed by atoms with Crippen LogP contribution in [0.15, 0.2) is 48.5 Å². The van der Waals surface area contributed by atoms with Gasteiger partial charge in [-0.05, 0) is 42.0 Å². The summed E-state index contributed by atoms with van der Waals surface area (Å²) in [5, 5.41) is 15.1. The Bertz CT molecular complexity index is 1080. The first kappa shape index (κ1) is 21.0. The number of nitrogens with zero attached hydrogens (tertiary/aromatic N) is 1. The second kappa shape index (κ2) is 8.45. The molecular weight excluding hydrogens is 409 g/mol. The quantitative estimate of drug-likeness (QED) is 0.539. The lowest BCUT2D eigenvalue weighted by Crippen LogP contribution is -2.11. The molecule has 1 aromatic heterocycles. The summed E-state index contributed by atoms with van der Waals surface area (Å²) in [6.07, 6.45) is -2.87. The van der Waals surface area contributed by atoms with Crippen LogP contribution < -0.4 is 4.74 Å². The number of fused-ring (bicyclic) bond motifs is 1. The zero-order valence-electron chi connectivity index (χ0n) is 16.6. The third-order valence-electron chi connectivity index (χ3n) is 5.56. The Morgan fingerprint density at radius 2 is 1.97 bits per heavy atom. The molecule has 2 aromatic carbocycles. The smallest absolute Gasteiger partial charge is 0.433 e. The van der Waals surface area contributed by atoms with Crippen LogP contribution in [0.1, 0.15) is 41.1 Å². The molecule has 4 rings (SSSR count). The molecule has 31 heavy (non-hydrogen) atoms. The number of nitrogens with one attached hydrogen (secondary N) is 1. The number of aromatic nitrogens is 2. The van der Waals surface area contributed by atoms with Gasteiger partial charge in [-0.1, -0.05) is 36.4 Å². The minimum atomic E-state index is -4.54. The highest BCUT2D eigenvalue weighted by atomic mass is 19.4. The molecule has 3 aromatic rings. The van der Waals surface area contributed by atoms with Crippen molar-refractivity contribution in [3.05, 3.63) is 70.9 Å². The number of hydrogen-bond acceptors (Lipinski definition) is 3. The summed E-state index contributed by atoms with van der Waals surface area (Å²) in [5.74, 6) is -0.267. The predicted molar refractivity (Wildman–Crippen MR) is 108 cm³/mol. The van der Waals surface area contributed by atoms with Crippen LogP contribution in [-0.4, -0.2) is 27.9 Å². The van der Waals surface area contributed by atoms with Gasteiger partial charge in [0, 0.05) is 17.5 Å². The van der Waals surface area contributed by atoms with E-state index in [0.29, 0.717) is 11.3 Å². The largest absolute Gasteiger partial charge is 0.493 e.